The van der Waals surface area contributed by atoms with Crippen molar-refractivity contribution < 1.29 is 0 Å². The van der Waals surface area contributed by atoms with Crippen LogP contribution in [0.1, 0.15) is 25.5 Å². The molecule has 0 aliphatic rings. The van der Waals surface area contributed by atoms with E-state index >= 15 is 0 Å². The Morgan fingerprint density at radius 3 is 2.50 bits per heavy atom. The van der Waals surface area contributed by atoms with Crippen LogP contribution in [0.4, 0.5) is 5.82 Å². The minimum atomic E-state index is 0.267. The highest BCUT2D eigenvalue weighted by molar-refractivity contribution is 9.11. The molecule has 2 aromatic rings. The molecule has 0 saturated heterocycles. The molecule has 0 spiro atoms. The highest BCUT2D eigenvalue weighted by Gasteiger charge is 2.14. The minimum absolute atomic E-state index is 0.267. The molecule has 2 rings (SSSR count). The fraction of sp³-hybridized carbons (Fsp3) is 0.250. The lowest BCUT2D eigenvalue weighted by atomic mass is 10.1. The van der Waals surface area contributed by atoms with Gasteiger partial charge in [0, 0.05) is 22.4 Å². The smallest absolute Gasteiger partial charge is 0.163 e. The first-order valence-electron chi connectivity index (χ1n) is 5.43. The van der Waals surface area contributed by atoms with E-state index in [1.165, 1.54) is 0 Å². The maximum absolute atomic E-state index is 5.90. The first-order valence-corrected chi connectivity index (χ1v) is 7.01. The van der Waals surface area contributed by atoms with Crippen molar-refractivity contribution in [1.29, 1.82) is 0 Å². The summed E-state index contributed by atoms with van der Waals surface area (Å²) in [7, 11) is 0. The van der Waals surface area contributed by atoms with Crippen LogP contribution in [0.25, 0.3) is 11.4 Å². The van der Waals surface area contributed by atoms with Crippen LogP contribution in [0.3, 0.4) is 0 Å². The quantitative estimate of drug-likeness (QED) is 0.872. The number of halogens is 2. The molecular weight excluding hydrogens is 360 g/mol. The van der Waals surface area contributed by atoms with Gasteiger partial charge in [0.1, 0.15) is 5.82 Å². The first-order chi connectivity index (χ1) is 8.49. The number of nitrogens with two attached hydrogens (primary N) is 1. The number of aromatic nitrogens is 3. The highest BCUT2D eigenvalue weighted by Crippen LogP contribution is 2.30. The van der Waals surface area contributed by atoms with E-state index in [0.717, 1.165) is 20.2 Å². The van der Waals surface area contributed by atoms with Crippen LogP contribution < -0.4 is 5.73 Å². The van der Waals surface area contributed by atoms with E-state index in [1.807, 2.05) is 6.07 Å². The van der Waals surface area contributed by atoms with E-state index in [2.05, 4.69) is 60.7 Å². The zero-order chi connectivity index (χ0) is 13.3. The molecule has 0 bridgehead atoms. The summed E-state index contributed by atoms with van der Waals surface area (Å²) < 4.78 is 1.65. The molecule has 0 radical (unpaired) electrons. The molecule has 0 aliphatic carbocycles. The number of nitrogen functional groups attached to an aromatic ring is 1. The Morgan fingerprint density at radius 1 is 1.17 bits per heavy atom. The van der Waals surface area contributed by atoms with Gasteiger partial charge in [0.25, 0.3) is 0 Å². The zero-order valence-corrected chi connectivity index (χ0v) is 13.2. The van der Waals surface area contributed by atoms with Gasteiger partial charge in [0.05, 0.1) is 10.2 Å². The summed E-state index contributed by atoms with van der Waals surface area (Å²) in [5.74, 6) is 1.31. The number of pyridine rings is 1. The average molecular weight is 372 g/mol. The molecule has 0 aromatic carbocycles. The Labute approximate surface area is 122 Å². The van der Waals surface area contributed by atoms with Crippen LogP contribution in [0, 0.1) is 0 Å². The van der Waals surface area contributed by atoms with Gasteiger partial charge in [0.15, 0.2) is 5.82 Å². The van der Waals surface area contributed by atoms with Crippen LogP contribution in [0.5, 0.6) is 0 Å². The lowest BCUT2D eigenvalue weighted by Gasteiger charge is -2.11. The molecular formula is C12H12Br2N4. The fourth-order valence-electron chi connectivity index (χ4n) is 1.53. The van der Waals surface area contributed by atoms with Gasteiger partial charge in [-0.2, -0.15) is 0 Å². The molecule has 0 saturated carbocycles. The van der Waals surface area contributed by atoms with E-state index in [-0.39, 0.29) is 5.92 Å². The molecule has 4 nitrogen and oxygen atoms in total. The molecule has 0 aliphatic heterocycles. The van der Waals surface area contributed by atoms with Crippen molar-refractivity contribution in [2.45, 2.75) is 19.8 Å². The van der Waals surface area contributed by atoms with E-state index in [1.54, 1.807) is 12.4 Å². The van der Waals surface area contributed by atoms with Gasteiger partial charge in [-0.3, -0.25) is 4.98 Å². The molecule has 2 aromatic heterocycles. The van der Waals surface area contributed by atoms with Crippen molar-refractivity contribution in [3.05, 3.63) is 33.1 Å². The molecule has 0 unspecified atom stereocenters. The van der Waals surface area contributed by atoms with Crippen LogP contribution in [0.15, 0.2) is 27.4 Å². The van der Waals surface area contributed by atoms with Crippen molar-refractivity contribution in [2.24, 2.45) is 0 Å². The summed E-state index contributed by atoms with van der Waals surface area (Å²) in [5.41, 5.74) is 7.64. The van der Waals surface area contributed by atoms with Crippen molar-refractivity contribution in [3.63, 3.8) is 0 Å². The molecule has 0 amide bonds. The van der Waals surface area contributed by atoms with E-state index in [9.17, 15) is 0 Å². The second-order valence-corrected chi connectivity index (χ2v) is 5.89. The minimum Gasteiger partial charge on any atom is -0.383 e. The molecule has 0 atom stereocenters. The monoisotopic (exact) mass is 370 g/mol. The van der Waals surface area contributed by atoms with E-state index < -0.39 is 0 Å². The summed E-state index contributed by atoms with van der Waals surface area (Å²) in [6.45, 7) is 4.13. The molecule has 6 heteroatoms. The zero-order valence-electron chi connectivity index (χ0n) is 9.98. The molecule has 94 valence electrons. The topological polar surface area (TPSA) is 64.7 Å². The van der Waals surface area contributed by atoms with Crippen molar-refractivity contribution in [1.82, 2.24) is 15.0 Å². The second-order valence-electron chi connectivity index (χ2n) is 4.18. The normalized spacial score (nSPS) is 10.9. The molecule has 0 fully saturated rings. The predicted octanol–water partition coefficient (Wildman–Crippen LogP) is 3.77. The number of hydrogen-bond donors (Lipinski definition) is 1. The lowest BCUT2D eigenvalue weighted by molar-refractivity contribution is 0.811. The van der Waals surface area contributed by atoms with E-state index in [4.69, 9.17) is 5.73 Å². The van der Waals surface area contributed by atoms with Crippen molar-refractivity contribution in [3.8, 4) is 11.4 Å². The summed E-state index contributed by atoms with van der Waals surface area (Å²) >= 11 is 6.81. The van der Waals surface area contributed by atoms with Gasteiger partial charge in [-0.05, 0) is 43.8 Å². The molecule has 2 heterocycles. The summed E-state index contributed by atoms with van der Waals surface area (Å²) in [4.78, 5) is 12.9. The van der Waals surface area contributed by atoms with Gasteiger partial charge in [0.2, 0.25) is 0 Å². The SMILES string of the molecule is CC(C)c1nc(-c2cncc(Br)c2)nc(N)c1Br. The van der Waals surface area contributed by atoms with Gasteiger partial charge in [-0.25, -0.2) is 9.97 Å². The third-order valence-corrected chi connectivity index (χ3v) is 3.66. The second kappa shape index (κ2) is 5.32. The molecule has 18 heavy (non-hydrogen) atoms. The van der Waals surface area contributed by atoms with Crippen LogP contribution in [-0.2, 0) is 0 Å². The predicted molar refractivity (Wildman–Crippen MR) is 79.2 cm³/mol. The summed E-state index contributed by atoms with van der Waals surface area (Å²) in [6.07, 6.45) is 3.44. The maximum Gasteiger partial charge on any atom is 0.163 e. The number of hydrogen-bond acceptors (Lipinski definition) is 4. The largest absolute Gasteiger partial charge is 0.383 e. The Hall–Kier alpha value is -1.01. The fourth-order valence-corrected chi connectivity index (χ4v) is 2.53. The number of nitrogens with zero attached hydrogens (tertiary/aromatic N) is 3. The van der Waals surface area contributed by atoms with Crippen molar-refractivity contribution >= 4 is 37.7 Å². The van der Waals surface area contributed by atoms with Crippen LogP contribution in [-0.4, -0.2) is 15.0 Å². The standard InChI is InChI=1S/C12H12Br2N4/c1-6(2)10-9(14)11(15)18-12(17-10)7-3-8(13)5-16-4-7/h3-6H,1-2H3,(H2,15,17,18). The van der Waals surface area contributed by atoms with Gasteiger partial charge < -0.3 is 5.73 Å². The first kappa shape index (κ1) is 13.4. The van der Waals surface area contributed by atoms with Gasteiger partial charge in [-0.1, -0.05) is 13.8 Å². The van der Waals surface area contributed by atoms with Crippen LogP contribution >= 0.6 is 31.9 Å². The van der Waals surface area contributed by atoms with Gasteiger partial charge >= 0.3 is 0 Å². The van der Waals surface area contributed by atoms with Crippen molar-refractivity contribution in [2.75, 3.05) is 5.73 Å². The Balaban J connectivity index is 2.59. The highest BCUT2D eigenvalue weighted by atomic mass is 79.9. The summed E-state index contributed by atoms with van der Waals surface area (Å²) in [6, 6.07) is 1.92. The average Bonchev–Trinajstić information content (AvgIpc) is 2.32. The Morgan fingerprint density at radius 2 is 1.89 bits per heavy atom. The third kappa shape index (κ3) is 2.70. The summed E-state index contributed by atoms with van der Waals surface area (Å²) in [5, 5.41) is 0. The van der Waals surface area contributed by atoms with E-state index in [0.29, 0.717) is 11.6 Å². The third-order valence-electron chi connectivity index (χ3n) is 2.41. The van der Waals surface area contributed by atoms with Gasteiger partial charge in [-0.15, -0.1) is 0 Å². The Kier molecular flexibility index (Phi) is 3.97. The maximum atomic E-state index is 5.90. The molecule has 2 N–H and O–H groups in total. The number of anilines is 1. The number of rotatable bonds is 2. The lowest BCUT2D eigenvalue weighted by Crippen LogP contribution is -2.04. The van der Waals surface area contributed by atoms with Crippen LogP contribution in [0.2, 0.25) is 0 Å². The Bertz CT molecular complexity index is 584.